The molecule has 1 aliphatic rings. The number of rotatable bonds is 4. The number of anilines is 1. The molecule has 3 aromatic rings. The number of halogens is 3. The summed E-state index contributed by atoms with van der Waals surface area (Å²) < 4.78 is 40.2. The van der Waals surface area contributed by atoms with E-state index in [0.717, 1.165) is 22.6 Å². The Morgan fingerprint density at radius 2 is 1.97 bits per heavy atom. The van der Waals surface area contributed by atoms with E-state index in [2.05, 4.69) is 20.5 Å². The second kappa shape index (κ2) is 9.04. The quantitative estimate of drug-likeness (QED) is 0.549. The van der Waals surface area contributed by atoms with Crippen molar-refractivity contribution in [3.8, 4) is 0 Å². The van der Waals surface area contributed by atoms with Crippen LogP contribution in [0.2, 0.25) is 0 Å². The van der Waals surface area contributed by atoms with E-state index in [1.165, 1.54) is 13.0 Å². The maximum Gasteiger partial charge on any atom is 0.416 e. The molecule has 0 saturated carbocycles. The van der Waals surface area contributed by atoms with Gasteiger partial charge in [0.2, 0.25) is 5.91 Å². The lowest BCUT2D eigenvalue weighted by molar-refractivity contribution is -0.138. The number of alkyl halides is 3. The van der Waals surface area contributed by atoms with Gasteiger partial charge >= 0.3 is 6.18 Å². The van der Waals surface area contributed by atoms with Crippen LogP contribution in [0.1, 0.15) is 54.3 Å². The van der Waals surface area contributed by atoms with Crippen molar-refractivity contribution in [3.63, 3.8) is 0 Å². The van der Waals surface area contributed by atoms with E-state index in [1.54, 1.807) is 31.0 Å². The minimum Gasteiger partial charge on any atom is -0.361 e. The molecule has 9 heteroatoms. The minimum absolute atomic E-state index is 0.0446. The van der Waals surface area contributed by atoms with Gasteiger partial charge in [-0.3, -0.25) is 9.78 Å². The number of hydrogen-bond donors (Lipinski definition) is 1. The minimum atomic E-state index is -4.42. The van der Waals surface area contributed by atoms with Gasteiger partial charge in [0.15, 0.2) is 5.82 Å². The van der Waals surface area contributed by atoms with Crippen LogP contribution in [-0.4, -0.2) is 39.1 Å². The molecule has 34 heavy (non-hydrogen) atoms. The summed E-state index contributed by atoms with van der Waals surface area (Å²) in [5, 5.41) is 12.5. The van der Waals surface area contributed by atoms with Gasteiger partial charge in [0.05, 0.1) is 22.8 Å². The van der Waals surface area contributed by atoms with Crippen molar-refractivity contribution in [2.45, 2.75) is 46.3 Å². The fourth-order valence-corrected chi connectivity index (χ4v) is 4.37. The Labute approximate surface area is 195 Å². The Balaban J connectivity index is 1.69. The van der Waals surface area contributed by atoms with Gasteiger partial charge in [-0.2, -0.15) is 18.3 Å². The number of carbonyl (C=O) groups is 1. The van der Waals surface area contributed by atoms with Gasteiger partial charge in [-0.1, -0.05) is 18.2 Å². The van der Waals surface area contributed by atoms with Crippen LogP contribution in [0.15, 0.2) is 36.5 Å². The second-order valence-electron chi connectivity index (χ2n) is 8.58. The van der Waals surface area contributed by atoms with Crippen molar-refractivity contribution in [1.82, 2.24) is 20.1 Å². The maximum absolute atomic E-state index is 13.4. The van der Waals surface area contributed by atoms with E-state index >= 15 is 0 Å². The molecule has 0 fully saturated rings. The molecule has 0 unspecified atom stereocenters. The monoisotopic (exact) mass is 469 g/mol. The number of carbonyl (C=O) groups excluding carboxylic acids is 1. The van der Waals surface area contributed by atoms with Crippen LogP contribution in [-0.2, 0) is 11.0 Å². The lowest BCUT2D eigenvalue weighted by atomic mass is 9.97. The van der Waals surface area contributed by atoms with E-state index in [4.69, 9.17) is 0 Å². The highest BCUT2D eigenvalue weighted by Crippen LogP contribution is 2.36. The summed E-state index contributed by atoms with van der Waals surface area (Å²) in [4.78, 5) is 18.0. The third-order valence-electron chi connectivity index (χ3n) is 6.31. The predicted octanol–water partition coefficient (Wildman–Crippen LogP) is 5.47. The molecule has 0 bridgehead atoms. The Morgan fingerprint density at radius 3 is 2.62 bits per heavy atom. The molecular formula is C25H26F3N5O. The van der Waals surface area contributed by atoms with E-state index in [1.807, 2.05) is 19.1 Å². The molecule has 6 nitrogen and oxygen atoms in total. The molecule has 2 aromatic heterocycles. The van der Waals surface area contributed by atoms with Crippen LogP contribution in [0.3, 0.4) is 0 Å². The van der Waals surface area contributed by atoms with Crippen molar-refractivity contribution in [3.05, 3.63) is 64.5 Å². The molecule has 1 amide bonds. The number of amides is 1. The number of nitrogens with one attached hydrogen (secondary N) is 1. The van der Waals surface area contributed by atoms with Gasteiger partial charge in [0.25, 0.3) is 0 Å². The van der Waals surface area contributed by atoms with Gasteiger partial charge in [-0.05, 0) is 61.6 Å². The zero-order chi connectivity index (χ0) is 24.6. The highest BCUT2D eigenvalue weighted by Gasteiger charge is 2.33. The summed E-state index contributed by atoms with van der Waals surface area (Å²) in [6.45, 7) is 7.85. The number of benzene rings is 1. The number of pyridine rings is 1. The first-order chi connectivity index (χ1) is 16.1. The summed E-state index contributed by atoms with van der Waals surface area (Å²) in [5.41, 5.74) is 3.43. The highest BCUT2D eigenvalue weighted by atomic mass is 19.4. The van der Waals surface area contributed by atoms with Crippen LogP contribution < -0.4 is 5.32 Å². The summed E-state index contributed by atoms with van der Waals surface area (Å²) >= 11 is 0. The van der Waals surface area contributed by atoms with E-state index in [-0.39, 0.29) is 11.5 Å². The molecule has 1 N–H and O–H groups in total. The summed E-state index contributed by atoms with van der Waals surface area (Å²) in [5.74, 6) is 0.504. The standard InChI is InChI=1S/C25H26F3N5O/c1-14-20(6-5-7-22(14)25(26,27)28)15(2)30-24-21-12-19(13-29-23(21)16(3)31-32-24)18-8-10-33(11-9-18)17(4)34/h5-8,12-13,15H,9-11H2,1-4H3,(H,30,32)/t15-/m1/s1. The average Bonchev–Trinajstić information content (AvgIpc) is 2.80. The number of aromatic nitrogens is 3. The predicted molar refractivity (Wildman–Crippen MR) is 125 cm³/mol. The van der Waals surface area contributed by atoms with Crippen LogP contribution in [0.5, 0.6) is 0 Å². The van der Waals surface area contributed by atoms with E-state index in [0.29, 0.717) is 42.1 Å². The number of nitrogens with zero attached hydrogens (tertiary/aromatic N) is 4. The summed E-state index contributed by atoms with van der Waals surface area (Å²) in [7, 11) is 0. The maximum atomic E-state index is 13.4. The molecule has 0 saturated heterocycles. The molecule has 1 atom stereocenters. The van der Waals surface area contributed by atoms with Crippen LogP contribution in [0, 0.1) is 13.8 Å². The lowest BCUT2D eigenvalue weighted by Crippen LogP contribution is -2.32. The van der Waals surface area contributed by atoms with Crippen molar-refractivity contribution < 1.29 is 18.0 Å². The van der Waals surface area contributed by atoms with Crippen molar-refractivity contribution >= 4 is 28.2 Å². The zero-order valence-electron chi connectivity index (χ0n) is 19.5. The smallest absolute Gasteiger partial charge is 0.361 e. The van der Waals surface area contributed by atoms with Crippen LogP contribution in [0.4, 0.5) is 19.0 Å². The summed E-state index contributed by atoms with van der Waals surface area (Å²) in [6, 6.07) is 5.73. The molecule has 0 spiro atoms. The zero-order valence-corrected chi connectivity index (χ0v) is 19.5. The van der Waals surface area contributed by atoms with Crippen molar-refractivity contribution in [2.75, 3.05) is 18.4 Å². The fourth-order valence-electron chi connectivity index (χ4n) is 4.37. The third kappa shape index (κ3) is 4.60. The van der Waals surface area contributed by atoms with Crippen LogP contribution >= 0.6 is 0 Å². The second-order valence-corrected chi connectivity index (χ2v) is 8.58. The first-order valence-corrected chi connectivity index (χ1v) is 11.1. The number of fused-ring (bicyclic) bond motifs is 1. The first kappa shape index (κ1) is 23.7. The molecule has 1 aliphatic heterocycles. The Kier molecular flexibility index (Phi) is 6.29. The molecule has 0 radical (unpaired) electrons. The van der Waals surface area contributed by atoms with Crippen LogP contribution in [0.25, 0.3) is 16.5 Å². The van der Waals surface area contributed by atoms with Gasteiger partial charge in [-0.25, -0.2) is 0 Å². The molecule has 178 valence electrons. The SMILES string of the molecule is CC(=O)N1CC=C(c2cnc3c(C)nnc(N[C@H](C)c4cccc(C(F)(F)F)c4C)c3c2)CC1. The van der Waals surface area contributed by atoms with Crippen molar-refractivity contribution in [1.29, 1.82) is 0 Å². The largest absolute Gasteiger partial charge is 0.416 e. The van der Waals surface area contributed by atoms with E-state index in [9.17, 15) is 18.0 Å². The summed E-state index contributed by atoms with van der Waals surface area (Å²) in [6.07, 6.45) is 0.112. The molecule has 3 heterocycles. The van der Waals surface area contributed by atoms with Gasteiger partial charge in [-0.15, -0.1) is 5.10 Å². The number of hydrogen-bond acceptors (Lipinski definition) is 5. The third-order valence-corrected chi connectivity index (χ3v) is 6.31. The van der Waals surface area contributed by atoms with E-state index < -0.39 is 17.8 Å². The Hall–Kier alpha value is -3.49. The number of aryl methyl sites for hydroxylation is 1. The van der Waals surface area contributed by atoms with Gasteiger partial charge in [0.1, 0.15) is 0 Å². The van der Waals surface area contributed by atoms with Crippen molar-refractivity contribution in [2.24, 2.45) is 0 Å². The molecule has 1 aromatic carbocycles. The average molecular weight is 470 g/mol. The molecule has 0 aliphatic carbocycles. The Bertz CT molecular complexity index is 1290. The van der Waals surface area contributed by atoms with Gasteiger partial charge in [0, 0.05) is 31.6 Å². The molecule has 4 rings (SSSR count). The molecular weight excluding hydrogens is 443 g/mol. The highest BCUT2D eigenvalue weighted by molar-refractivity contribution is 5.92. The fraction of sp³-hybridized carbons (Fsp3) is 0.360. The lowest BCUT2D eigenvalue weighted by Gasteiger charge is -2.25. The topological polar surface area (TPSA) is 71.0 Å². The Morgan fingerprint density at radius 1 is 1.21 bits per heavy atom. The van der Waals surface area contributed by atoms with Gasteiger partial charge < -0.3 is 10.2 Å². The normalized spacial score (nSPS) is 15.3. The first-order valence-electron chi connectivity index (χ1n) is 11.1.